The molecule has 0 N–H and O–H groups in total. The Balaban J connectivity index is 2.55. The first-order valence-corrected chi connectivity index (χ1v) is 2.00. The molecule has 1 nitrogen and oxygen atoms in total. The van der Waals surface area contributed by atoms with Crippen LogP contribution in [0.2, 0.25) is 0 Å². The molecular formula is C5H5O. The van der Waals surface area contributed by atoms with Crippen LogP contribution in [-0.2, 0) is 4.79 Å². The summed E-state index contributed by atoms with van der Waals surface area (Å²) in [5.74, 6) is 1.81. The summed E-state index contributed by atoms with van der Waals surface area (Å²) in [6.45, 7) is 0. The minimum absolute atomic E-state index is 0.843. The largest absolute Gasteiger partial charge is 0.234 e. The summed E-state index contributed by atoms with van der Waals surface area (Å²) in [5.41, 5.74) is 0.843. The summed E-state index contributed by atoms with van der Waals surface area (Å²) in [6.07, 6.45) is 3.92. The van der Waals surface area contributed by atoms with Crippen molar-refractivity contribution in [3.63, 3.8) is 0 Å². The third kappa shape index (κ3) is 0.373. The monoisotopic (exact) mass is 81.0 g/mol. The maximum absolute atomic E-state index is 9.59. The van der Waals surface area contributed by atoms with Gasteiger partial charge >= 0.3 is 0 Å². The van der Waals surface area contributed by atoms with Gasteiger partial charge in [0.25, 0.3) is 0 Å². The van der Waals surface area contributed by atoms with Gasteiger partial charge in [-0.15, -0.1) is 0 Å². The molecule has 0 aliphatic heterocycles. The molecule has 0 aromatic rings. The SMILES string of the molecule is O=C=C1[CH]CC1. The molecule has 1 saturated carbocycles. The van der Waals surface area contributed by atoms with E-state index in [0.717, 1.165) is 18.4 Å². The lowest BCUT2D eigenvalue weighted by Crippen LogP contribution is -1.97. The first kappa shape index (κ1) is 3.63. The smallest absolute Gasteiger partial charge is 0.123 e. The molecule has 1 fully saturated rings. The normalized spacial score (nSPS) is 19.0. The first-order chi connectivity index (χ1) is 2.93. The van der Waals surface area contributed by atoms with Crippen molar-refractivity contribution < 1.29 is 4.79 Å². The van der Waals surface area contributed by atoms with E-state index in [2.05, 4.69) is 0 Å². The van der Waals surface area contributed by atoms with Crippen LogP contribution in [0, 0.1) is 6.42 Å². The van der Waals surface area contributed by atoms with Crippen molar-refractivity contribution >= 4 is 5.94 Å². The van der Waals surface area contributed by atoms with E-state index in [1.54, 1.807) is 0 Å². The lowest BCUT2D eigenvalue weighted by molar-refractivity contribution is 0.563. The fourth-order valence-corrected chi connectivity index (χ4v) is 0.381. The molecule has 0 unspecified atom stereocenters. The molecule has 1 heteroatoms. The fourth-order valence-electron chi connectivity index (χ4n) is 0.381. The van der Waals surface area contributed by atoms with Gasteiger partial charge in [0.15, 0.2) is 0 Å². The number of carbonyl (C=O) groups excluding carboxylic acids is 1. The Morgan fingerprint density at radius 2 is 2.50 bits per heavy atom. The van der Waals surface area contributed by atoms with Gasteiger partial charge in [-0.1, -0.05) is 0 Å². The molecule has 6 heavy (non-hydrogen) atoms. The lowest BCUT2D eigenvalue weighted by Gasteiger charge is -2.08. The van der Waals surface area contributed by atoms with Gasteiger partial charge in [-0.25, -0.2) is 4.79 Å². The maximum Gasteiger partial charge on any atom is 0.123 e. The van der Waals surface area contributed by atoms with Gasteiger partial charge in [-0.2, -0.15) is 0 Å². The van der Waals surface area contributed by atoms with Crippen LogP contribution in [0.4, 0.5) is 0 Å². The van der Waals surface area contributed by atoms with Crippen molar-refractivity contribution in [1.82, 2.24) is 0 Å². The molecule has 0 heterocycles. The molecule has 0 amide bonds. The average molecular weight is 81.1 g/mol. The molecular weight excluding hydrogens is 76.1 g/mol. The van der Waals surface area contributed by atoms with Crippen LogP contribution in [0.15, 0.2) is 5.57 Å². The van der Waals surface area contributed by atoms with E-state index < -0.39 is 0 Å². The van der Waals surface area contributed by atoms with E-state index in [1.165, 1.54) is 0 Å². The molecule has 0 atom stereocenters. The van der Waals surface area contributed by atoms with Crippen molar-refractivity contribution in [1.29, 1.82) is 0 Å². The van der Waals surface area contributed by atoms with Crippen LogP contribution in [-0.4, -0.2) is 5.94 Å². The van der Waals surface area contributed by atoms with E-state index >= 15 is 0 Å². The number of allylic oxidation sites excluding steroid dienone is 1. The maximum atomic E-state index is 9.59. The van der Waals surface area contributed by atoms with Crippen molar-refractivity contribution in [3.8, 4) is 0 Å². The highest BCUT2D eigenvalue weighted by molar-refractivity contribution is 5.58. The van der Waals surface area contributed by atoms with Crippen LogP contribution in [0.5, 0.6) is 0 Å². The summed E-state index contributed by atoms with van der Waals surface area (Å²) in [6, 6.07) is 0. The van der Waals surface area contributed by atoms with Crippen molar-refractivity contribution in [2.24, 2.45) is 0 Å². The van der Waals surface area contributed by atoms with Crippen LogP contribution in [0.3, 0.4) is 0 Å². The number of hydrogen-bond donors (Lipinski definition) is 0. The predicted octanol–water partition coefficient (Wildman–Crippen LogP) is 0.742. The van der Waals surface area contributed by atoms with Crippen LogP contribution in [0.25, 0.3) is 0 Å². The summed E-state index contributed by atoms with van der Waals surface area (Å²) < 4.78 is 0. The van der Waals surface area contributed by atoms with Crippen LogP contribution < -0.4 is 0 Å². The summed E-state index contributed by atoms with van der Waals surface area (Å²) >= 11 is 0. The van der Waals surface area contributed by atoms with Gasteiger partial charge in [-0.3, -0.25) is 0 Å². The van der Waals surface area contributed by atoms with Gasteiger partial charge in [0.05, 0.1) is 0 Å². The van der Waals surface area contributed by atoms with Gasteiger partial charge < -0.3 is 0 Å². The molecule has 31 valence electrons. The zero-order valence-corrected chi connectivity index (χ0v) is 3.40. The predicted molar refractivity (Wildman–Crippen MR) is 22.7 cm³/mol. The number of rotatable bonds is 0. The molecule has 0 aromatic carbocycles. The van der Waals surface area contributed by atoms with E-state index in [9.17, 15) is 4.79 Å². The quantitative estimate of drug-likeness (QED) is 0.393. The first-order valence-electron chi connectivity index (χ1n) is 2.00. The Bertz CT molecular complexity index is 92.5. The summed E-state index contributed by atoms with van der Waals surface area (Å²) in [7, 11) is 0. The Morgan fingerprint density at radius 3 is 2.50 bits per heavy atom. The molecule has 1 radical (unpaired) electrons. The lowest BCUT2D eigenvalue weighted by atomic mass is 9.94. The van der Waals surface area contributed by atoms with E-state index in [4.69, 9.17) is 0 Å². The summed E-state index contributed by atoms with van der Waals surface area (Å²) in [4.78, 5) is 9.59. The molecule has 1 aliphatic rings. The Hall–Kier alpha value is -0.550. The number of hydrogen-bond acceptors (Lipinski definition) is 1. The minimum Gasteiger partial charge on any atom is -0.234 e. The zero-order chi connectivity index (χ0) is 4.41. The zero-order valence-electron chi connectivity index (χ0n) is 3.40. The van der Waals surface area contributed by atoms with Crippen molar-refractivity contribution in [3.05, 3.63) is 12.0 Å². The van der Waals surface area contributed by atoms with Gasteiger partial charge in [0, 0.05) is 5.57 Å². The van der Waals surface area contributed by atoms with Gasteiger partial charge in [0.2, 0.25) is 0 Å². The Morgan fingerprint density at radius 1 is 1.83 bits per heavy atom. The highest BCUT2D eigenvalue weighted by atomic mass is 16.1. The molecule has 1 rings (SSSR count). The summed E-state index contributed by atoms with van der Waals surface area (Å²) in [5, 5.41) is 0. The average Bonchev–Trinajstić information content (AvgIpc) is 1.31. The second-order valence-electron chi connectivity index (χ2n) is 1.37. The molecule has 0 bridgehead atoms. The van der Waals surface area contributed by atoms with Gasteiger partial charge in [-0.05, 0) is 19.3 Å². The molecule has 0 spiro atoms. The highest BCUT2D eigenvalue weighted by Crippen LogP contribution is 2.19. The van der Waals surface area contributed by atoms with Crippen molar-refractivity contribution in [2.45, 2.75) is 12.8 Å². The Labute approximate surface area is 36.7 Å². The third-order valence-corrected chi connectivity index (χ3v) is 0.936. The minimum atomic E-state index is 0.843. The molecule has 0 saturated heterocycles. The van der Waals surface area contributed by atoms with Gasteiger partial charge in [0.1, 0.15) is 5.94 Å². The second kappa shape index (κ2) is 1.27. The fraction of sp³-hybridized carbons (Fsp3) is 0.400. The van der Waals surface area contributed by atoms with Crippen molar-refractivity contribution in [2.75, 3.05) is 0 Å². The van der Waals surface area contributed by atoms with E-state index in [1.807, 2.05) is 12.4 Å². The molecule has 1 aliphatic carbocycles. The van der Waals surface area contributed by atoms with Crippen LogP contribution in [0.1, 0.15) is 12.8 Å². The van der Waals surface area contributed by atoms with E-state index in [0.29, 0.717) is 0 Å². The second-order valence-corrected chi connectivity index (χ2v) is 1.37. The Kier molecular flexibility index (Phi) is 0.771. The third-order valence-electron chi connectivity index (χ3n) is 0.936. The highest BCUT2D eigenvalue weighted by Gasteiger charge is 2.07. The topological polar surface area (TPSA) is 17.1 Å². The van der Waals surface area contributed by atoms with Crippen LogP contribution >= 0.6 is 0 Å². The standard InChI is InChI=1S/C5H5O/c6-4-5-2-1-3-5/h2H,1,3H2. The molecule has 0 aromatic heterocycles. The van der Waals surface area contributed by atoms with E-state index in [-0.39, 0.29) is 0 Å².